The van der Waals surface area contributed by atoms with E-state index < -0.39 is 0 Å². The zero-order valence-electron chi connectivity index (χ0n) is 7.12. The Morgan fingerprint density at radius 3 is 3.08 bits per heavy atom. The van der Waals surface area contributed by atoms with E-state index in [9.17, 15) is 0 Å². The molecular weight excluding hydrogens is 152 g/mol. The van der Waals surface area contributed by atoms with Gasteiger partial charge in [0.15, 0.2) is 5.82 Å². The highest BCUT2D eigenvalue weighted by atomic mass is 15.2. The second-order valence-electron chi connectivity index (χ2n) is 3.10. The van der Waals surface area contributed by atoms with E-state index >= 15 is 0 Å². The van der Waals surface area contributed by atoms with E-state index in [1.807, 2.05) is 7.05 Å². The molecule has 0 radical (unpaired) electrons. The van der Waals surface area contributed by atoms with Crippen LogP contribution < -0.4 is 5.32 Å². The molecule has 0 bridgehead atoms. The van der Waals surface area contributed by atoms with Crippen molar-refractivity contribution in [2.24, 2.45) is 0 Å². The van der Waals surface area contributed by atoms with Crippen molar-refractivity contribution in [3.63, 3.8) is 0 Å². The average Bonchev–Trinajstić information content (AvgIpc) is 2.88. The van der Waals surface area contributed by atoms with Crippen molar-refractivity contribution in [2.45, 2.75) is 25.3 Å². The van der Waals surface area contributed by atoms with Gasteiger partial charge in [-0.15, -0.1) is 5.10 Å². The molecule has 1 aromatic rings. The van der Waals surface area contributed by atoms with Crippen molar-refractivity contribution in [1.29, 1.82) is 0 Å². The summed E-state index contributed by atoms with van der Waals surface area (Å²) in [5, 5.41) is 10.8. The van der Waals surface area contributed by atoms with Crippen molar-refractivity contribution >= 4 is 0 Å². The first-order valence-corrected chi connectivity index (χ1v) is 4.23. The van der Waals surface area contributed by atoms with Gasteiger partial charge in [0.25, 0.3) is 0 Å². The van der Waals surface area contributed by atoms with Crippen LogP contribution in [0.25, 0.3) is 0 Å². The smallest absolute Gasteiger partial charge is 0.165 e. The topological polar surface area (TPSA) is 50.7 Å². The highest BCUT2D eigenvalue weighted by molar-refractivity contribution is 5.10. The second kappa shape index (κ2) is 3.15. The van der Waals surface area contributed by atoms with E-state index in [0.717, 1.165) is 11.5 Å². The third kappa shape index (κ3) is 1.58. The molecule has 1 heterocycles. The van der Waals surface area contributed by atoms with Gasteiger partial charge in [0.05, 0.1) is 18.4 Å². The Morgan fingerprint density at radius 1 is 1.58 bits per heavy atom. The predicted molar refractivity (Wildman–Crippen MR) is 44.6 cm³/mol. The van der Waals surface area contributed by atoms with Crippen LogP contribution in [0.2, 0.25) is 0 Å². The van der Waals surface area contributed by atoms with Crippen LogP contribution in [0.5, 0.6) is 0 Å². The molecule has 0 aliphatic heterocycles. The largest absolute Gasteiger partial charge is 0.313 e. The number of hydrogen-bond donors (Lipinski definition) is 1. The summed E-state index contributed by atoms with van der Waals surface area (Å²) in [6, 6.07) is 0. The van der Waals surface area contributed by atoms with E-state index in [1.165, 1.54) is 12.8 Å². The van der Waals surface area contributed by atoms with E-state index in [1.54, 1.807) is 6.20 Å². The van der Waals surface area contributed by atoms with Gasteiger partial charge in [-0.25, -0.2) is 4.98 Å². The fraction of sp³-hybridized carbons (Fsp3) is 0.625. The molecule has 12 heavy (non-hydrogen) atoms. The quantitative estimate of drug-likeness (QED) is 0.705. The number of hydrogen-bond acceptors (Lipinski definition) is 4. The van der Waals surface area contributed by atoms with Crippen LogP contribution in [0, 0.1) is 0 Å². The molecule has 1 N–H and O–H groups in total. The van der Waals surface area contributed by atoms with Gasteiger partial charge < -0.3 is 5.32 Å². The lowest BCUT2D eigenvalue weighted by atomic mass is 10.3. The molecule has 0 atom stereocenters. The first-order chi connectivity index (χ1) is 5.90. The third-order valence-corrected chi connectivity index (χ3v) is 1.95. The fourth-order valence-electron chi connectivity index (χ4n) is 1.16. The van der Waals surface area contributed by atoms with Gasteiger partial charge in [-0.2, -0.15) is 5.10 Å². The molecule has 4 nitrogen and oxygen atoms in total. The Bertz CT molecular complexity index is 270. The molecule has 64 valence electrons. The third-order valence-electron chi connectivity index (χ3n) is 1.95. The van der Waals surface area contributed by atoms with Crippen molar-refractivity contribution in [3.8, 4) is 0 Å². The van der Waals surface area contributed by atoms with Crippen LogP contribution in [0.15, 0.2) is 6.20 Å². The lowest BCUT2D eigenvalue weighted by Crippen LogP contribution is -2.10. The fourth-order valence-corrected chi connectivity index (χ4v) is 1.16. The number of aromatic nitrogens is 3. The molecule has 0 unspecified atom stereocenters. The highest BCUT2D eigenvalue weighted by Gasteiger charge is 2.25. The molecule has 1 saturated carbocycles. The van der Waals surface area contributed by atoms with E-state index in [0.29, 0.717) is 12.5 Å². The van der Waals surface area contributed by atoms with Crippen molar-refractivity contribution in [3.05, 3.63) is 17.7 Å². The Kier molecular flexibility index (Phi) is 1.99. The Balaban J connectivity index is 2.15. The normalized spacial score (nSPS) is 16.4. The van der Waals surface area contributed by atoms with Crippen LogP contribution in [0.3, 0.4) is 0 Å². The Hall–Kier alpha value is -1.03. The molecule has 1 aliphatic carbocycles. The zero-order valence-corrected chi connectivity index (χ0v) is 7.12. The summed E-state index contributed by atoms with van der Waals surface area (Å²) >= 11 is 0. The molecule has 0 saturated heterocycles. The summed E-state index contributed by atoms with van der Waals surface area (Å²) in [6.45, 7) is 0.702. The van der Waals surface area contributed by atoms with E-state index in [-0.39, 0.29) is 0 Å². The van der Waals surface area contributed by atoms with Crippen molar-refractivity contribution in [1.82, 2.24) is 20.5 Å². The Labute approximate surface area is 71.4 Å². The van der Waals surface area contributed by atoms with E-state index in [2.05, 4.69) is 20.5 Å². The van der Waals surface area contributed by atoms with Gasteiger partial charge in [0, 0.05) is 5.92 Å². The molecule has 0 spiro atoms. The van der Waals surface area contributed by atoms with Gasteiger partial charge >= 0.3 is 0 Å². The summed E-state index contributed by atoms with van der Waals surface area (Å²) in [5.41, 5.74) is 1.11. The van der Waals surface area contributed by atoms with Gasteiger partial charge in [-0.05, 0) is 19.9 Å². The van der Waals surface area contributed by atoms with Crippen molar-refractivity contribution in [2.75, 3.05) is 7.05 Å². The summed E-state index contributed by atoms with van der Waals surface area (Å²) in [4.78, 5) is 4.39. The minimum atomic E-state index is 0.663. The van der Waals surface area contributed by atoms with E-state index in [4.69, 9.17) is 0 Å². The van der Waals surface area contributed by atoms with Gasteiger partial charge in [-0.3, -0.25) is 0 Å². The zero-order chi connectivity index (χ0) is 8.39. The molecule has 0 amide bonds. The monoisotopic (exact) mass is 164 g/mol. The maximum atomic E-state index is 4.39. The van der Waals surface area contributed by atoms with Crippen LogP contribution in [-0.2, 0) is 6.54 Å². The first-order valence-electron chi connectivity index (χ1n) is 4.23. The minimum absolute atomic E-state index is 0.663. The Morgan fingerprint density at radius 2 is 2.42 bits per heavy atom. The number of nitrogens with zero attached hydrogens (tertiary/aromatic N) is 3. The molecule has 1 aromatic heterocycles. The van der Waals surface area contributed by atoms with Crippen molar-refractivity contribution < 1.29 is 0 Å². The number of rotatable bonds is 3. The second-order valence-corrected chi connectivity index (χ2v) is 3.10. The summed E-state index contributed by atoms with van der Waals surface area (Å²) < 4.78 is 0. The summed E-state index contributed by atoms with van der Waals surface area (Å²) in [6.07, 6.45) is 4.30. The molecule has 4 heteroatoms. The highest BCUT2D eigenvalue weighted by Crippen LogP contribution is 2.38. The van der Waals surface area contributed by atoms with Crippen LogP contribution in [0.1, 0.15) is 30.3 Å². The summed E-state index contributed by atoms with van der Waals surface area (Å²) in [7, 11) is 1.88. The van der Waals surface area contributed by atoms with Crippen LogP contribution in [-0.4, -0.2) is 22.2 Å². The SMILES string of the molecule is CNCc1nncc(C2CC2)n1. The van der Waals surface area contributed by atoms with Gasteiger partial charge in [0.2, 0.25) is 0 Å². The molecule has 1 fully saturated rings. The van der Waals surface area contributed by atoms with Gasteiger partial charge in [-0.1, -0.05) is 0 Å². The average molecular weight is 164 g/mol. The maximum Gasteiger partial charge on any atom is 0.165 e. The maximum absolute atomic E-state index is 4.39. The molecule has 1 aliphatic rings. The van der Waals surface area contributed by atoms with Crippen LogP contribution in [0.4, 0.5) is 0 Å². The molecule has 0 aromatic carbocycles. The lowest BCUT2D eigenvalue weighted by Gasteiger charge is -1.99. The lowest BCUT2D eigenvalue weighted by molar-refractivity contribution is 0.714. The first kappa shape index (κ1) is 7.61. The molecular formula is C8H12N4. The minimum Gasteiger partial charge on any atom is -0.313 e. The van der Waals surface area contributed by atoms with Crippen LogP contribution >= 0.6 is 0 Å². The molecule has 2 rings (SSSR count). The standard InChI is InChI=1S/C8H12N4/c1-9-5-8-11-7(4-10-12-8)6-2-3-6/h4,6,9H,2-3,5H2,1H3. The number of nitrogens with one attached hydrogen (secondary N) is 1. The van der Waals surface area contributed by atoms with Gasteiger partial charge in [0.1, 0.15) is 0 Å². The summed E-state index contributed by atoms with van der Waals surface area (Å²) in [5.74, 6) is 1.46. The predicted octanol–water partition coefficient (Wildman–Crippen LogP) is 0.468.